The lowest BCUT2D eigenvalue weighted by Gasteiger charge is -2.30. The van der Waals surface area contributed by atoms with Crippen molar-refractivity contribution in [1.82, 2.24) is 19.5 Å². The van der Waals surface area contributed by atoms with Gasteiger partial charge in [0, 0.05) is 24.2 Å². The Labute approximate surface area is 162 Å². The molecule has 6 heteroatoms. The number of rotatable bonds is 4. The van der Waals surface area contributed by atoms with E-state index in [0.29, 0.717) is 5.92 Å². The zero-order valence-electron chi connectivity index (χ0n) is 15.5. The number of likely N-dealkylation sites (tertiary alicyclic amines) is 1. The molecule has 0 radical (unpaired) electrons. The van der Waals surface area contributed by atoms with E-state index < -0.39 is 0 Å². The number of furan rings is 1. The third-order valence-electron chi connectivity index (χ3n) is 5.34. The van der Waals surface area contributed by atoms with Gasteiger partial charge < -0.3 is 4.42 Å². The number of hydrogen-bond donors (Lipinski definition) is 0. The lowest BCUT2D eigenvalue weighted by molar-refractivity contribution is 0.183. The average molecular weight is 376 g/mol. The molecule has 0 unspecified atom stereocenters. The highest BCUT2D eigenvalue weighted by Gasteiger charge is 2.25. The average Bonchev–Trinajstić information content (AvgIpc) is 3.37. The third kappa shape index (κ3) is 3.43. The summed E-state index contributed by atoms with van der Waals surface area (Å²) in [6.45, 7) is 2.81. The summed E-state index contributed by atoms with van der Waals surface area (Å²) in [5, 5.41) is 4.74. The molecule has 0 saturated carbocycles. The second kappa shape index (κ2) is 7.20. The molecule has 4 heterocycles. The van der Waals surface area contributed by atoms with Crippen LogP contribution in [0.1, 0.15) is 30.3 Å². The standard InChI is InChI=1S/C22H21FN4O/c23-19-6-1-4-16(12-19)17-8-9-21-24-22(25-27(21)14-17)18-5-2-10-26(13-18)15-20-7-3-11-28-20/h1,3-4,6-9,11-12,14,18H,2,5,10,13,15H2/t18-/m1/s1. The molecule has 1 aliphatic heterocycles. The number of fused-ring (bicyclic) bond motifs is 1. The molecule has 1 saturated heterocycles. The smallest absolute Gasteiger partial charge is 0.156 e. The number of nitrogens with zero attached hydrogens (tertiary/aromatic N) is 4. The Morgan fingerprint density at radius 2 is 2.07 bits per heavy atom. The van der Waals surface area contributed by atoms with Crippen LogP contribution in [0.4, 0.5) is 4.39 Å². The Kier molecular flexibility index (Phi) is 4.41. The quantitative estimate of drug-likeness (QED) is 0.526. The minimum Gasteiger partial charge on any atom is -0.468 e. The maximum absolute atomic E-state index is 13.5. The molecule has 0 N–H and O–H groups in total. The zero-order chi connectivity index (χ0) is 18.9. The van der Waals surface area contributed by atoms with Gasteiger partial charge >= 0.3 is 0 Å². The van der Waals surface area contributed by atoms with Crippen molar-refractivity contribution in [2.45, 2.75) is 25.3 Å². The van der Waals surface area contributed by atoms with Gasteiger partial charge in [0.25, 0.3) is 0 Å². The largest absolute Gasteiger partial charge is 0.468 e. The fourth-order valence-corrected chi connectivity index (χ4v) is 3.94. The van der Waals surface area contributed by atoms with Gasteiger partial charge in [-0.15, -0.1) is 0 Å². The van der Waals surface area contributed by atoms with Crippen molar-refractivity contribution in [2.75, 3.05) is 13.1 Å². The first-order valence-corrected chi connectivity index (χ1v) is 9.61. The second-order valence-electron chi connectivity index (χ2n) is 7.35. The van der Waals surface area contributed by atoms with Gasteiger partial charge in [0.15, 0.2) is 11.5 Å². The van der Waals surface area contributed by atoms with Gasteiger partial charge in [0.05, 0.1) is 12.8 Å². The van der Waals surface area contributed by atoms with Crippen molar-refractivity contribution in [2.24, 2.45) is 0 Å². The molecule has 1 aromatic carbocycles. The summed E-state index contributed by atoms with van der Waals surface area (Å²) in [6, 6.07) is 14.5. The summed E-state index contributed by atoms with van der Waals surface area (Å²) < 4.78 is 20.8. The second-order valence-corrected chi connectivity index (χ2v) is 7.35. The maximum atomic E-state index is 13.5. The Morgan fingerprint density at radius 3 is 2.93 bits per heavy atom. The van der Waals surface area contributed by atoms with Gasteiger partial charge in [-0.2, -0.15) is 5.10 Å². The van der Waals surface area contributed by atoms with E-state index in [4.69, 9.17) is 14.5 Å². The molecule has 0 aliphatic carbocycles. The molecule has 1 aliphatic rings. The fourth-order valence-electron chi connectivity index (χ4n) is 3.94. The van der Waals surface area contributed by atoms with Crippen molar-refractivity contribution in [3.63, 3.8) is 0 Å². The highest BCUT2D eigenvalue weighted by molar-refractivity contribution is 5.64. The van der Waals surface area contributed by atoms with E-state index in [0.717, 1.165) is 60.8 Å². The van der Waals surface area contributed by atoms with E-state index in [2.05, 4.69) is 4.90 Å². The molecule has 1 atom stereocenters. The Morgan fingerprint density at radius 1 is 1.11 bits per heavy atom. The van der Waals surface area contributed by atoms with Crippen molar-refractivity contribution < 1.29 is 8.81 Å². The van der Waals surface area contributed by atoms with Crippen LogP contribution in [0.15, 0.2) is 65.4 Å². The molecule has 5 rings (SSSR count). The van der Waals surface area contributed by atoms with Crippen molar-refractivity contribution in [3.05, 3.63) is 78.4 Å². The number of benzene rings is 1. The molecule has 1 fully saturated rings. The van der Waals surface area contributed by atoms with Crippen LogP contribution in [0.3, 0.4) is 0 Å². The Bertz CT molecular complexity index is 1090. The summed E-state index contributed by atoms with van der Waals surface area (Å²) >= 11 is 0. The molecule has 5 nitrogen and oxygen atoms in total. The van der Waals surface area contributed by atoms with E-state index in [1.165, 1.54) is 12.1 Å². The molecule has 28 heavy (non-hydrogen) atoms. The van der Waals surface area contributed by atoms with Crippen LogP contribution in [0, 0.1) is 5.82 Å². The highest BCUT2D eigenvalue weighted by atomic mass is 19.1. The van der Waals surface area contributed by atoms with Crippen LogP contribution in [0.2, 0.25) is 0 Å². The Balaban J connectivity index is 1.38. The normalized spacial score (nSPS) is 18.0. The number of halogens is 1. The van der Waals surface area contributed by atoms with Gasteiger partial charge in [-0.1, -0.05) is 12.1 Å². The fraction of sp³-hybridized carbons (Fsp3) is 0.273. The van der Waals surface area contributed by atoms with E-state index >= 15 is 0 Å². The lowest BCUT2D eigenvalue weighted by Crippen LogP contribution is -2.34. The molecule has 0 amide bonds. The van der Waals surface area contributed by atoms with Crippen LogP contribution < -0.4 is 0 Å². The Hall–Kier alpha value is -2.99. The molecule has 0 bridgehead atoms. The first-order chi connectivity index (χ1) is 13.7. The van der Waals surface area contributed by atoms with E-state index in [1.54, 1.807) is 16.8 Å². The first kappa shape index (κ1) is 17.1. The van der Waals surface area contributed by atoms with Gasteiger partial charge in [0.1, 0.15) is 11.6 Å². The SMILES string of the molecule is Fc1cccc(-c2ccc3nc([C@@H]4CCCN(Cc5ccco5)C4)nn3c2)c1. The number of pyridine rings is 1. The summed E-state index contributed by atoms with van der Waals surface area (Å²) in [6.07, 6.45) is 5.85. The van der Waals surface area contributed by atoms with Gasteiger partial charge in [-0.3, -0.25) is 4.90 Å². The summed E-state index contributed by atoms with van der Waals surface area (Å²) in [5.74, 6) is 1.93. The number of piperidine rings is 1. The van der Waals surface area contributed by atoms with E-state index in [1.807, 2.05) is 36.5 Å². The molecule has 0 spiro atoms. The van der Waals surface area contributed by atoms with Crippen molar-refractivity contribution in [3.8, 4) is 11.1 Å². The topological polar surface area (TPSA) is 46.6 Å². The van der Waals surface area contributed by atoms with Crippen molar-refractivity contribution >= 4 is 5.65 Å². The third-order valence-corrected chi connectivity index (χ3v) is 5.34. The van der Waals surface area contributed by atoms with Crippen LogP contribution in [0.5, 0.6) is 0 Å². The number of aromatic nitrogens is 3. The minimum absolute atomic E-state index is 0.240. The predicted molar refractivity (Wildman–Crippen MR) is 104 cm³/mol. The van der Waals surface area contributed by atoms with Crippen LogP contribution >= 0.6 is 0 Å². The van der Waals surface area contributed by atoms with E-state index in [9.17, 15) is 4.39 Å². The summed E-state index contributed by atoms with van der Waals surface area (Å²) in [4.78, 5) is 7.15. The molecule has 3 aromatic heterocycles. The molecule has 4 aromatic rings. The lowest BCUT2D eigenvalue weighted by atomic mass is 9.97. The van der Waals surface area contributed by atoms with E-state index in [-0.39, 0.29) is 5.82 Å². The van der Waals surface area contributed by atoms with Crippen LogP contribution in [0.25, 0.3) is 16.8 Å². The maximum Gasteiger partial charge on any atom is 0.156 e. The van der Waals surface area contributed by atoms with Crippen LogP contribution in [-0.2, 0) is 6.54 Å². The molecular formula is C22H21FN4O. The first-order valence-electron chi connectivity index (χ1n) is 9.61. The molecular weight excluding hydrogens is 355 g/mol. The monoisotopic (exact) mass is 376 g/mol. The highest BCUT2D eigenvalue weighted by Crippen LogP contribution is 2.27. The molecule has 142 valence electrons. The van der Waals surface area contributed by atoms with Crippen LogP contribution in [-0.4, -0.2) is 32.6 Å². The van der Waals surface area contributed by atoms with Gasteiger partial charge in [-0.25, -0.2) is 13.9 Å². The summed E-state index contributed by atoms with van der Waals surface area (Å²) in [7, 11) is 0. The van der Waals surface area contributed by atoms with Gasteiger partial charge in [-0.05, 0) is 61.3 Å². The van der Waals surface area contributed by atoms with Gasteiger partial charge in [0.2, 0.25) is 0 Å². The van der Waals surface area contributed by atoms with Crippen molar-refractivity contribution in [1.29, 1.82) is 0 Å². The zero-order valence-corrected chi connectivity index (χ0v) is 15.5. The number of hydrogen-bond acceptors (Lipinski definition) is 4. The predicted octanol–water partition coefficient (Wildman–Crippen LogP) is 4.51. The summed E-state index contributed by atoms with van der Waals surface area (Å²) in [5.41, 5.74) is 2.58. The minimum atomic E-state index is -0.240.